The van der Waals surface area contributed by atoms with Crippen LogP contribution in [0.5, 0.6) is 0 Å². The molecule has 0 saturated carbocycles. The van der Waals surface area contributed by atoms with Crippen molar-refractivity contribution in [1.29, 1.82) is 0 Å². The third-order valence-electron chi connectivity index (χ3n) is 4.28. The van der Waals surface area contributed by atoms with E-state index in [0.29, 0.717) is 18.6 Å². The Morgan fingerprint density at radius 2 is 2.22 bits per heavy atom. The first kappa shape index (κ1) is 16.6. The van der Waals surface area contributed by atoms with E-state index in [0.717, 1.165) is 32.9 Å². The topological polar surface area (TPSA) is 55.7 Å². The number of carbonyl (C=O) groups excluding carboxylic acids is 2. The van der Waals surface area contributed by atoms with Crippen molar-refractivity contribution in [3.63, 3.8) is 0 Å². The van der Waals surface area contributed by atoms with Gasteiger partial charge in [-0.1, -0.05) is 0 Å². The molecule has 2 aliphatic rings. The number of nitrogens with zero attached hydrogens (tertiary/aromatic N) is 1. The minimum Gasteiger partial charge on any atom is -0.465 e. The number of hydrogen-bond acceptors (Lipinski definition) is 5. The van der Waals surface area contributed by atoms with Crippen LogP contribution in [0, 0.1) is 5.92 Å². The van der Waals surface area contributed by atoms with Gasteiger partial charge in [0, 0.05) is 34.2 Å². The van der Waals surface area contributed by atoms with Gasteiger partial charge in [-0.2, -0.15) is 0 Å². The number of aliphatic imine (C=N–C) groups is 1. The van der Waals surface area contributed by atoms with Crippen LogP contribution in [0.3, 0.4) is 0 Å². The summed E-state index contributed by atoms with van der Waals surface area (Å²) >= 11 is 5.04. The molecule has 6 heteroatoms. The molecule has 2 atom stereocenters. The molecule has 1 aliphatic heterocycles. The molecule has 0 spiro atoms. The number of thiophene rings is 1. The highest BCUT2D eigenvalue weighted by Crippen LogP contribution is 2.46. The molecule has 0 bridgehead atoms. The standard InChI is InChI=1S/C17H18BrNO3S/c1-3-22-17(21)14-9(2)19-10-5-4-6-11(20)15(10)16(14)12-7-8-13(18)23-12/h7-8,14,16H,3-6H2,1-2H3/t14?,16-/m1/s1. The summed E-state index contributed by atoms with van der Waals surface area (Å²) in [6.07, 6.45) is 2.17. The van der Waals surface area contributed by atoms with Gasteiger partial charge >= 0.3 is 5.97 Å². The summed E-state index contributed by atoms with van der Waals surface area (Å²) in [7, 11) is 0. The van der Waals surface area contributed by atoms with Crippen molar-refractivity contribution in [2.45, 2.75) is 39.0 Å². The van der Waals surface area contributed by atoms with Gasteiger partial charge in [0.05, 0.1) is 10.4 Å². The van der Waals surface area contributed by atoms with Crippen LogP contribution < -0.4 is 0 Å². The number of ketones is 1. The van der Waals surface area contributed by atoms with Crippen molar-refractivity contribution < 1.29 is 14.3 Å². The van der Waals surface area contributed by atoms with E-state index in [9.17, 15) is 9.59 Å². The van der Waals surface area contributed by atoms with Crippen molar-refractivity contribution in [2.24, 2.45) is 10.9 Å². The molecule has 0 N–H and O–H groups in total. The van der Waals surface area contributed by atoms with Gasteiger partial charge in [-0.3, -0.25) is 14.6 Å². The Hall–Kier alpha value is -1.27. The summed E-state index contributed by atoms with van der Waals surface area (Å²) in [5, 5.41) is 0. The van der Waals surface area contributed by atoms with Crippen LogP contribution in [0.15, 0.2) is 32.2 Å². The lowest BCUT2D eigenvalue weighted by molar-refractivity contribution is -0.146. The lowest BCUT2D eigenvalue weighted by Gasteiger charge is -2.33. The zero-order valence-corrected chi connectivity index (χ0v) is 15.5. The van der Waals surface area contributed by atoms with E-state index in [1.165, 1.54) is 0 Å². The second-order valence-corrected chi connectivity index (χ2v) is 8.23. The average molecular weight is 396 g/mol. The number of allylic oxidation sites excluding steroid dienone is 2. The number of carbonyl (C=O) groups is 2. The Labute approximate surface area is 147 Å². The normalized spacial score (nSPS) is 24.3. The third kappa shape index (κ3) is 3.06. The first-order valence-electron chi connectivity index (χ1n) is 7.76. The molecule has 0 radical (unpaired) electrons. The minimum absolute atomic E-state index is 0.117. The van der Waals surface area contributed by atoms with E-state index in [1.807, 2.05) is 19.1 Å². The van der Waals surface area contributed by atoms with Gasteiger partial charge in [0.15, 0.2) is 5.78 Å². The van der Waals surface area contributed by atoms with Gasteiger partial charge in [-0.05, 0) is 54.8 Å². The maximum Gasteiger partial charge on any atom is 0.315 e. The second kappa shape index (κ2) is 6.69. The molecule has 0 fully saturated rings. The second-order valence-electron chi connectivity index (χ2n) is 5.74. The van der Waals surface area contributed by atoms with Crippen LogP contribution in [0.2, 0.25) is 0 Å². The third-order valence-corrected chi connectivity index (χ3v) is 5.98. The molecule has 23 heavy (non-hydrogen) atoms. The summed E-state index contributed by atoms with van der Waals surface area (Å²) in [4.78, 5) is 30.7. The molecule has 3 rings (SSSR count). The van der Waals surface area contributed by atoms with Gasteiger partial charge < -0.3 is 4.74 Å². The molecule has 1 unspecified atom stereocenters. The monoisotopic (exact) mass is 395 g/mol. The molecular weight excluding hydrogens is 378 g/mol. The van der Waals surface area contributed by atoms with Gasteiger partial charge in [0.25, 0.3) is 0 Å². The number of rotatable bonds is 3. The fourth-order valence-electron chi connectivity index (χ4n) is 3.35. The van der Waals surface area contributed by atoms with Crippen molar-refractivity contribution in [1.82, 2.24) is 0 Å². The summed E-state index contributed by atoms with van der Waals surface area (Å²) in [6, 6.07) is 3.94. The van der Waals surface area contributed by atoms with Crippen molar-refractivity contribution in [3.05, 3.63) is 32.1 Å². The van der Waals surface area contributed by atoms with E-state index in [1.54, 1.807) is 18.3 Å². The Bertz CT molecular complexity index is 719. The van der Waals surface area contributed by atoms with Gasteiger partial charge in [-0.15, -0.1) is 11.3 Å². The Morgan fingerprint density at radius 3 is 2.87 bits per heavy atom. The molecule has 2 heterocycles. The molecule has 0 amide bonds. The maximum absolute atomic E-state index is 12.6. The average Bonchev–Trinajstić information content (AvgIpc) is 2.92. The maximum atomic E-state index is 12.6. The molecule has 1 aliphatic carbocycles. The quantitative estimate of drug-likeness (QED) is 0.718. The van der Waals surface area contributed by atoms with Crippen LogP contribution in [0.25, 0.3) is 0 Å². The summed E-state index contributed by atoms with van der Waals surface area (Å²) in [6.45, 7) is 3.98. The zero-order valence-electron chi connectivity index (χ0n) is 13.1. The molecule has 0 saturated heterocycles. The summed E-state index contributed by atoms with van der Waals surface area (Å²) in [5.74, 6) is -0.966. The Kier molecular flexibility index (Phi) is 4.82. The Morgan fingerprint density at radius 1 is 1.43 bits per heavy atom. The van der Waals surface area contributed by atoms with Crippen LogP contribution in [-0.2, 0) is 14.3 Å². The predicted octanol–water partition coefficient (Wildman–Crippen LogP) is 4.26. The van der Waals surface area contributed by atoms with Crippen LogP contribution >= 0.6 is 27.3 Å². The van der Waals surface area contributed by atoms with Crippen LogP contribution in [-0.4, -0.2) is 24.1 Å². The highest BCUT2D eigenvalue weighted by Gasteiger charge is 2.43. The lowest BCUT2D eigenvalue weighted by Crippen LogP contribution is -2.36. The molecule has 4 nitrogen and oxygen atoms in total. The van der Waals surface area contributed by atoms with E-state index in [-0.39, 0.29) is 17.7 Å². The minimum atomic E-state index is -0.513. The number of halogens is 1. The van der Waals surface area contributed by atoms with E-state index < -0.39 is 5.92 Å². The molecule has 0 aromatic carbocycles. The zero-order chi connectivity index (χ0) is 16.6. The van der Waals surface area contributed by atoms with E-state index in [2.05, 4.69) is 20.9 Å². The predicted molar refractivity (Wildman–Crippen MR) is 93.9 cm³/mol. The SMILES string of the molecule is CCOC(=O)C1C(C)=NC2=C(C(=O)CCC2)[C@@H]1c1ccc(Br)s1. The summed E-state index contributed by atoms with van der Waals surface area (Å²) < 4.78 is 6.25. The van der Waals surface area contributed by atoms with Gasteiger partial charge in [-0.25, -0.2) is 0 Å². The Balaban J connectivity index is 2.13. The van der Waals surface area contributed by atoms with Crippen molar-refractivity contribution >= 4 is 44.7 Å². The highest BCUT2D eigenvalue weighted by molar-refractivity contribution is 9.11. The fraction of sp³-hybridized carbons (Fsp3) is 0.471. The molecule has 122 valence electrons. The number of hydrogen-bond donors (Lipinski definition) is 0. The van der Waals surface area contributed by atoms with Gasteiger partial charge in [0.2, 0.25) is 0 Å². The summed E-state index contributed by atoms with van der Waals surface area (Å²) in [5.41, 5.74) is 2.31. The van der Waals surface area contributed by atoms with E-state index in [4.69, 9.17) is 4.74 Å². The smallest absolute Gasteiger partial charge is 0.315 e. The largest absolute Gasteiger partial charge is 0.465 e. The van der Waals surface area contributed by atoms with E-state index >= 15 is 0 Å². The first-order chi connectivity index (χ1) is 11.0. The fourth-order valence-corrected chi connectivity index (χ4v) is 4.92. The first-order valence-corrected chi connectivity index (χ1v) is 9.37. The highest BCUT2D eigenvalue weighted by atomic mass is 79.9. The molecule has 1 aromatic heterocycles. The van der Waals surface area contributed by atoms with Crippen molar-refractivity contribution in [2.75, 3.05) is 6.61 Å². The lowest BCUT2D eigenvalue weighted by atomic mass is 9.74. The number of ether oxygens (including phenoxy) is 1. The molecule has 1 aromatic rings. The van der Waals surface area contributed by atoms with Crippen LogP contribution in [0.4, 0.5) is 0 Å². The molecular formula is C17H18BrNO3S. The van der Waals surface area contributed by atoms with Crippen molar-refractivity contribution in [3.8, 4) is 0 Å². The number of Topliss-reactive ketones (excluding diaryl/α,β-unsaturated/α-hetero) is 1. The number of esters is 1. The van der Waals surface area contributed by atoms with Crippen LogP contribution in [0.1, 0.15) is 43.9 Å². The van der Waals surface area contributed by atoms with Gasteiger partial charge in [0.1, 0.15) is 5.92 Å².